The first-order valence-corrected chi connectivity index (χ1v) is 22.9. The van der Waals surface area contributed by atoms with E-state index in [1.54, 1.807) is 0 Å². The molecule has 0 spiro atoms. The highest BCUT2D eigenvalue weighted by Gasteiger charge is 2.43. The molecule has 8 heteroatoms. The van der Waals surface area contributed by atoms with Gasteiger partial charge in [0.05, 0.1) is 5.56 Å². The zero-order valence-corrected chi connectivity index (χ0v) is 38.6. The fourth-order valence-electron chi connectivity index (χ4n) is 9.10. The predicted octanol–water partition coefficient (Wildman–Crippen LogP) is 15.8. The number of ketones is 1. The van der Waals surface area contributed by atoms with Crippen molar-refractivity contribution in [2.24, 2.45) is 0 Å². The minimum atomic E-state index is -2.94. The number of carboxylic acid groups (broad SMARTS) is 1. The van der Waals surface area contributed by atoms with E-state index in [2.05, 4.69) is 133 Å². The van der Waals surface area contributed by atoms with Crippen molar-refractivity contribution < 1.29 is 23.3 Å². The summed E-state index contributed by atoms with van der Waals surface area (Å²) in [5.41, 5.74) is 10.7. The van der Waals surface area contributed by atoms with Crippen molar-refractivity contribution in [3.63, 3.8) is 0 Å². The number of hydrogen-bond acceptors (Lipinski definition) is 4. The number of carbonyl (C=O) groups excluding carboxylic acids is 1. The molecule has 1 aliphatic carbocycles. The number of anilines is 4. The van der Waals surface area contributed by atoms with E-state index >= 15 is 0 Å². The van der Waals surface area contributed by atoms with Crippen LogP contribution in [0.4, 0.5) is 31.4 Å². The van der Waals surface area contributed by atoms with Gasteiger partial charge in [-0.2, -0.15) is 0 Å². The number of nitrogens with zero attached hydrogens (tertiary/aromatic N) is 2. The van der Waals surface area contributed by atoms with Gasteiger partial charge >= 0.3 is 13.4 Å². The molecule has 0 saturated heterocycles. The van der Waals surface area contributed by atoms with E-state index in [4.69, 9.17) is 0 Å². The van der Waals surface area contributed by atoms with Crippen LogP contribution in [0.15, 0.2) is 121 Å². The lowest BCUT2D eigenvalue weighted by Gasteiger charge is -2.34. The molecule has 0 aliphatic heterocycles. The van der Waals surface area contributed by atoms with Gasteiger partial charge in [-0.15, -0.1) is 0 Å². The number of allylic oxidation sites excluding steroid dienone is 1. The van der Waals surface area contributed by atoms with Crippen LogP contribution in [-0.4, -0.2) is 24.3 Å². The molecule has 330 valence electrons. The Balaban J connectivity index is 1.47. The van der Waals surface area contributed by atoms with Crippen molar-refractivity contribution >= 4 is 41.9 Å². The van der Waals surface area contributed by atoms with Gasteiger partial charge in [-0.05, 0) is 124 Å². The molecular formula is C55H65BF2N2O3. The second-order valence-electron chi connectivity index (χ2n) is 19.3. The highest BCUT2D eigenvalue weighted by molar-refractivity contribution is 6.49. The average Bonchev–Trinajstić information content (AvgIpc) is 3.52. The number of rotatable bonds is 19. The molecule has 0 saturated carbocycles. The Labute approximate surface area is 375 Å². The molecule has 0 aromatic heterocycles. The third-order valence-electron chi connectivity index (χ3n) is 12.8. The summed E-state index contributed by atoms with van der Waals surface area (Å²) in [6.07, 6.45) is 13.0. The molecule has 0 radical (unpaired) electrons. The van der Waals surface area contributed by atoms with Gasteiger partial charge in [0.15, 0.2) is 5.78 Å². The molecule has 0 heterocycles. The van der Waals surface area contributed by atoms with Crippen molar-refractivity contribution in [2.75, 3.05) is 9.71 Å². The number of halogens is 2. The maximum Gasteiger partial charge on any atom is 0.677 e. The maximum atomic E-state index is 14.4. The number of fused-ring (bicyclic) bond motifs is 3. The Morgan fingerprint density at radius 3 is 1.49 bits per heavy atom. The summed E-state index contributed by atoms with van der Waals surface area (Å²) in [5, 5.41) is 9.30. The fourth-order valence-corrected chi connectivity index (χ4v) is 9.10. The third kappa shape index (κ3) is 10.7. The summed E-state index contributed by atoms with van der Waals surface area (Å²) in [5.74, 6) is -1.52. The second-order valence-corrected chi connectivity index (χ2v) is 19.3. The van der Waals surface area contributed by atoms with Crippen molar-refractivity contribution in [1.29, 1.82) is 0 Å². The number of carboxylic acids is 1. The van der Waals surface area contributed by atoms with E-state index in [-0.39, 0.29) is 33.3 Å². The summed E-state index contributed by atoms with van der Waals surface area (Å²) in [7, 11) is -2.94. The standard InChI is InChI=1S/C55H65BF2N2O3/c1-9-11-13-15-34-55(35-16-14-12-10-2)49-37-40(51(61)33-36-59(56(57)58)43-24-17-39(18-25-43)52(62)63)19-31-47(49)48-32-30-46(38-50(48)55)60(44-26-20-41(21-27-44)53(3,4)5)45-28-22-42(23-29-45)54(6,7)8/h17-33,36-38H,9-16,34-35H2,1-8H3,(H,62,63)/b36-33+. The normalized spacial score (nSPS) is 13.2. The van der Waals surface area contributed by atoms with E-state index in [1.165, 1.54) is 52.6 Å². The van der Waals surface area contributed by atoms with Gasteiger partial charge in [-0.25, -0.2) is 4.79 Å². The van der Waals surface area contributed by atoms with Crippen LogP contribution in [0, 0.1) is 0 Å². The van der Waals surface area contributed by atoms with Crippen LogP contribution >= 0.6 is 0 Å². The average molecular weight is 851 g/mol. The van der Waals surface area contributed by atoms with E-state index < -0.39 is 13.4 Å². The van der Waals surface area contributed by atoms with Gasteiger partial charge in [-0.1, -0.05) is 149 Å². The summed E-state index contributed by atoms with van der Waals surface area (Å²) in [4.78, 5) is 28.4. The van der Waals surface area contributed by atoms with Gasteiger partial charge in [0.2, 0.25) is 0 Å². The molecule has 0 atom stereocenters. The smallest absolute Gasteiger partial charge is 0.478 e. The molecule has 0 fully saturated rings. The molecule has 0 amide bonds. The molecule has 0 bridgehead atoms. The number of unbranched alkanes of at least 4 members (excludes halogenated alkanes) is 6. The SMILES string of the molecule is CCCCCCC1(CCCCCC)c2cc(C(=O)/C=C/N(B(F)F)c3ccc(C(=O)O)cc3)ccc2-c2ccc(N(c3ccc(C(C)(C)C)cc3)c3ccc(C(C)(C)C)cc3)cc21. The lowest BCUT2D eigenvalue weighted by Crippen LogP contribution is -2.27. The topological polar surface area (TPSA) is 60.9 Å². The Bertz CT molecular complexity index is 2310. The molecule has 1 N–H and O–H groups in total. The van der Waals surface area contributed by atoms with Crippen LogP contribution in [0.5, 0.6) is 0 Å². The molecule has 6 rings (SSSR count). The Morgan fingerprint density at radius 1 is 0.587 bits per heavy atom. The van der Waals surface area contributed by atoms with Gasteiger partial charge in [0.1, 0.15) is 0 Å². The summed E-state index contributed by atoms with van der Waals surface area (Å²) < 4.78 is 28.7. The van der Waals surface area contributed by atoms with Gasteiger partial charge in [-0.3, -0.25) is 13.4 Å². The fraction of sp³-hybridized carbons (Fsp3) is 0.382. The Kier molecular flexibility index (Phi) is 14.9. The summed E-state index contributed by atoms with van der Waals surface area (Å²) in [6, 6.07) is 35.9. The Hall–Kier alpha value is -5.50. The highest BCUT2D eigenvalue weighted by atomic mass is 19.2. The van der Waals surface area contributed by atoms with E-state index in [0.717, 1.165) is 98.6 Å². The highest BCUT2D eigenvalue weighted by Crippen LogP contribution is 2.56. The van der Waals surface area contributed by atoms with Crippen LogP contribution < -0.4 is 9.71 Å². The molecule has 5 nitrogen and oxygen atoms in total. The molecule has 63 heavy (non-hydrogen) atoms. The van der Waals surface area contributed by atoms with Gasteiger partial charge < -0.3 is 14.8 Å². The second kappa shape index (κ2) is 19.9. The predicted molar refractivity (Wildman–Crippen MR) is 260 cm³/mol. The minimum Gasteiger partial charge on any atom is -0.478 e. The first kappa shape index (κ1) is 47.0. The van der Waals surface area contributed by atoms with Crippen molar-refractivity contribution in [2.45, 2.75) is 136 Å². The number of carbonyl (C=O) groups is 2. The number of hydrogen-bond donors (Lipinski definition) is 1. The van der Waals surface area contributed by atoms with Crippen molar-refractivity contribution in [3.8, 4) is 11.1 Å². The Morgan fingerprint density at radius 2 is 1.03 bits per heavy atom. The van der Waals surface area contributed by atoms with Crippen LogP contribution in [0.3, 0.4) is 0 Å². The zero-order chi connectivity index (χ0) is 45.5. The van der Waals surface area contributed by atoms with Crippen LogP contribution in [0.1, 0.15) is 163 Å². The monoisotopic (exact) mass is 851 g/mol. The van der Waals surface area contributed by atoms with Crippen LogP contribution in [0.2, 0.25) is 0 Å². The molecule has 5 aromatic rings. The quantitative estimate of drug-likeness (QED) is 0.0388. The first-order valence-electron chi connectivity index (χ1n) is 22.9. The summed E-state index contributed by atoms with van der Waals surface area (Å²) in [6.45, 7) is 17.9. The zero-order valence-electron chi connectivity index (χ0n) is 38.6. The van der Waals surface area contributed by atoms with E-state index in [0.29, 0.717) is 10.4 Å². The maximum absolute atomic E-state index is 14.4. The number of benzene rings is 5. The third-order valence-corrected chi connectivity index (χ3v) is 12.8. The lowest BCUT2D eigenvalue weighted by molar-refractivity contribution is 0.0696. The van der Waals surface area contributed by atoms with Crippen molar-refractivity contribution in [1.82, 2.24) is 0 Å². The molecule has 0 unspecified atom stereocenters. The number of aromatic carboxylic acids is 1. The largest absolute Gasteiger partial charge is 0.677 e. The summed E-state index contributed by atoms with van der Waals surface area (Å²) >= 11 is 0. The first-order chi connectivity index (χ1) is 30.0. The van der Waals surface area contributed by atoms with Crippen LogP contribution in [0.25, 0.3) is 11.1 Å². The van der Waals surface area contributed by atoms with Crippen molar-refractivity contribution in [3.05, 3.63) is 155 Å². The van der Waals surface area contributed by atoms with Gasteiger partial charge in [0.25, 0.3) is 0 Å². The minimum absolute atomic E-state index is 0.00984. The molecular weight excluding hydrogens is 785 g/mol. The molecule has 5 aromatic carbocycles. The van der Waals surface area contributed by atoms with E-state index in [9.17, 15) is 23.3 Å². The lowest BCUT2D eigenvalue weighted by atomic mass is 9.70. The molecule has 1 aliphatic rings. The van der Waals surface area contributed by atoms with Crippen LogP contribution in [-0.2, 0) is 16.2 Å². The van der Waals surface area contributed by atoms with E-state index in [1.807, 2.05) is 12.1 Å². The van der Waals surface area contributed by atoms with Gasteiger partial charge in [0, 0.05) is 46.0 Å².